The summed E-state index contributed by atoms with van der Waals surface area (Å²) in [6.45, 7) is 0. The molecule has 1 aliphatic carbocycles. The predicted octanol–water partition coefficient (Wildman–Crippen LogP) is 0.318. The maximum Gasteiger partial charge on any atom is 0.310 e. The normalized spacial score (nSPS) is 29.8. The zero-order chi connectivity index (χ0) is 6.85. The molecule has 0 aliphatic heterocycles. The van der Waals surface area contributed by atoms with E-state index in [2.05, 4.69) is 4.74 Å². The molecular weight excluding hydrogens is 154 g/mol. The Morgan fingerprint density at radius 1 is 1.60 bits per heavy atom. The number of esters is 1. The van der Waals surface area contributed by atoms with Crippen LogP contribution in [-0.4, -0.2) is 19.1 Å². The number of carbonyl (C=O) groups is 1. The van der Waals surface area contributed by atoms with Crippen LogP contribution in [-0.2, 0) is 9.53 Å². The molecule has 2 atom stereocenters. The maximum absolute atomic E-state index is 10.7. The molecule has 0 aromatic heterocycles. The summed E-state index contributed by atoms with van der Waals surface area (Å²) in [5.41, 5.74) is 5.50. The van der Waals surface area contributed by atoms with E-state index in [0.29, 0.717) is 0 Å². The number of methoxy groups -OCH3 is 1. The molecule has 0 unspecified atom stereocenters. The van der Waals surface area contributed by atoms with Gasteiger partial charge in [0.2, 0.25) is 0 Å². The van der Waals surface area contributed by atoms with Gasteiger partial charge in [0.25, 0.3) is 0 Å². The topological polar surface area (TPSA) is 52.3 Å². The predicted molar refractivity (Wildman–Crippen MR) is 40.0 cm³/mol. The van der Waals surface area contributed by atoms with E-state index >= 15 is 0 Å². The Kier molecular flexibility index (Phi) is 3.68. The van der Waals surface area contributed by atoms with Crippen molar-refractivity contribution >= 4 is 18.4 Å². The highest BCUT2D eigenvalue weighted by atomic mass is 35.5. The lowest BCUT2D eigenvalue weighted by Crippen LogP contribution is -2.44. The number of hydrogen-bond acceptors (Lipinski definition) is 3. The van der Waals surface area contributed by atoms with Crippen LogP contribution in [0.1, 0.15) is 12.8 Å². The molecule has 60 valence electrons. The largest absolute Gasteiger partial charge is 0.469 e. The average molecular weight is 166 g/mol. The summed E-state index contributed by atoms with van der Waals surface area (Å²) < 4.78 is 4.51. The van der Waals surface area contributed by atoms with Crippen LogP contribution in [0.3, 0.4) is 0 Å². The molecule has 1 aliphatic rings. The van der Waals surface area contributed by atoms with Crippen molar-refractivity contribution in [3.8, 4) is 0 Å². The van der Waals surface area contributed by atoms with Gasteiger partial charge in [0.15, 0.2) is 0 Å². The van der Waals surface area contributed by atoms with Crippen LogP contribution in [0.15, 0.2) is 0 Å². The first-order valence-corrected chi connectivity index (χ1v) is 3.09. The highest BCUT2D eigenvalue weighted by molar-refractivity contribution is 5.85. The lowest BCUT2D eigenvalue weighted by Gasteiger charge is -2.30. The summed E-state index contributed by atoms with van der Waals surface area (Å²) in [5.74, 6) is -0.177. The van der Waals surface area contributed by atoms with Crippen LogP contribution >= 0.6 is 12.4 Å². The number of ether oxygens (including phenoxy) is 1. The fourth-order valence-electron chi connectivity index (χ4n) is 0.970. The Labute approximate surface area is 66.3 Å². The van der Waals surface area contributed by atoms with Crippen molar-refractivity contribution in [3.63, 3.8) is 0 Å². The van der Waals surface area contributed by atoms with Crippen LogP contribution < -0.4 is 5.73 Å². The highest BCUT2D eigenvalue weighted by Crippen LogP contribution is 2.25. The number of nitrogens with two attached hydrogens (primary N) is 1. The molecule has 0 aromatic carbocycles. The Morgan fingerprint density at radius 3 is 2.30 bits per heavy atom. The summed E-state index contributed by atoms with van der Waals surface area (Å²) in [6.07, 6.45) is 1.85. The molecule has 0 saturated heterocycles. The van der Waals surface area contributed by atoms with E-state index in [-0.39, 0.29) is 30.3 Å². The van der Waals surface area contributed by atoms with Crippen molar-refractivity contribution in [3.05, 3.63) is 0 Å². The van der Waals surface area contributed by atoms with E-state index in [9.17, 15) is 4.79 Å². The van der Waals surface area contributed by atoms with Crippen LogP contribution in [0.2, 0.25) is 0 Å². The summed E-state index contributed by atoms with van der Waals surface area (Å²) in [7, 11) is 1.40. The summed E-state index contributed by atoms with van der Waals surface area (Å²) in [6, 6.07) is 0.0532. The minimum atomic E-state index is -0.159. The lowest BCUT2D eigenvalue weighted by atomic mass is 9.80. The summed E-state index contributed by atoms with van der Waals surface area (Å²) >= 11 is 0. The lowest BCUT2D eigenvalue weighted by molar-refractivity contribution is -0.149. The van der Waals surface area contributed by atoms with E-state index in [1.165, 1.54) is 7.11 Å². The minimum Gasteiger partial charge on any atom is -0.469 e. The van der Waals surface area contributed by atoms with Gasteiger partial charge in [0, 0.05) is 6.04 Å². The molecule has 3 nitrogen and oxygen atoms in total. The van der Waals surface area contributed by atoms with E-state index < -0.39 is 0 Å². The third kappa shape index (κ3) is 1.61. The van der Waals surface area contributed by atoms with Gasteiger partial charge in [0.05, 0.1) is 13.0 Å². The van der Waals surface area contributed by atoms with Crippen molar-refractivity contribution < 1.29 is 9.53 Å². The van der Waals surface area contributed by atoms with Gasteiger partial charge in [0.1, 0.15) is 0 Å². The maximum atomic E-state index is 10.7. The van der Waals surface area contributed by atoms with Crippen molar-refractivity contribution in [2.24, 2.45) is 11.7 Å². The van der Waals surface area contributed by atoms with Crippen molar-refractivity contribution in [2.75, 3.05) is 7.11 Å². The van der Waals surface area contributed by atoms with Gasteiger partial charge in [-0.2, -0.15) is 0 Å². The fourth-order valence-corrected chi connectivity index (χ4v) is 0.970. The van der Waals surface area contributed by atoms with Crippen molar-refractivity contribution in [2.45, 2.75) is 18.9 Å². The monoisotopic (exact) mass is 165 g/mol. The first kappa shape index (κ1) is 9.72. The highest BCUT2D eigenvalue weighted by Gasteiger charge is 2.34. The molecule has 1 fully saturated rings. The Balaban J connectivity index is 0.000000810. The second-order valence-corrected chi connectivity index (χ2v) is 2.37. The van der Waals surface area contributed by atoms with E-state index in [1.54, 1.807) is 0 Å². The van der Waals surface area contributed by atoms with Gasteiger partial charge in [-0.05, 0) is 12.8 Å². The molecule has 10 heavy (non-hydrogen) atoms. The van der Waals surface area contributed by atoms with Crippen LogP contribution in [0.25, 0.3) is 0 Å². The first-order chi connectivity index (χ1) is 4.25. The number of carbonyl (C=O) groups excluding carboxylic acids is 1. The standard InChI is InChI=1S/C6H11NO2.ClH/c1-9-6(8)4-2-3-5(4)7;/h4-5H,2-3,7H2,1H3;1H/t4-,5+;/m0./s1. The minimum absolute atomic E-state index is 0. The zero-order valence-electron chi connectivity index (χ0n) is 5.87. The smallest absolute Gasteiger partial charge is 0.310 e. The number of hydrogen-bond donors (Lipinski definition) is 1. The second kappa shape index (κ2) is 3.78. The van der Waals surface area contributed by atoms with Gasteiger partial charge in [-0.3, -0.25) is 4.79 Å². The van der Waals surface area contributed by atoms with Gasteiger partial charge in [-0.15, -0.1) is 12.4 Å². The molecule has 0 spiro atoms. The SMILES string of the molecule is COC(=O)[C@H]1CC[C@H]1N.Cl. The number of rotatable bonds is 1. The van der Waals surface area contributed by atoms with Crippen molar-refractivity contribution in [1.82, 2.24) is 0 Å². The molecule has 1 rings (SSSR count). The van der Waals surface area contributed by atoms with Gasteiger partial charge in [-0.25, -0.2) is 0 Å². The van der Waals surface area contributed by atoms with E-state index in [1.807, 2.05) is 0 Å². The molecule has 4 heteroatoms. The summed E-state index contributed by atoms with van der Waals surface area (Å²) in [4.78, 5) is 10.7. The van der Waals surface area contributed by atoms with Crippen molar-refractivity contribution in [1.29, 1.82) is 0 Å². The molecule has 2 N–H and O–H groups in total. The van der Waals surface area contributed by atoms with Gasteiger partial charge in [-0.1, -0.05) is 0 Å². The Morgan fingerprint density at radius 2 is 2.20 bits per heavy atom. The van der Waals surface area contributed by atoms with E-state index in [4.69, 9.17) is 5.73 Å². The average Bonchev–Trinajstić information content (AvgIpc) is 1.84. The molecule has 1 saturated carbocycles. The van der Waals surface area contributed by atoms with Crippen LogP contribution in [0.5, 0.6) is 0 Å². The quantitative estimate of drug-likeness (QED) is 0.570. The first-order valence-electron chi connectivity index (χ1n) is 3.09. The molecule has 0 bridgehead atoms. The van der Waals surface area contributed by atoms with Crippen LogP contribution in [0.4, 0.5) is 0 Å². The molecule has 0 radical (unpaired) electrons. The zero-order valence-corrected chi connectivity index (χ0v) is 6.69. The third-order valence-corrected chi connectivity index (χ3v) is 1.83. The molecule has 0 heterocycles. The Bertz CT molecular complexity index is 129. The summed E-state index contributed by atoms with van der Waals surface area (Å²) in [5, 5.41) is 0. The molecule has 0 amide bonds. The van der Waals surface area contributed by atoms with Crippen LogP contribution in [0, 0.1) is 5.92 Å². The van der Waals surface area contributed by atoms with Gasteiger partial charge >= 0.3 is 5.97 Å². The molecule has 0 aromatic rings. The second-order valence-electron chi connectivity index (χ2n) is 2.37. The molecular formula is C6H12ClNO2. The van der Waals surface area contributed by atoms with Gasteiger partial charge < -0.3 is 10.5 Å². The third-order valence-electron chi connectivity index (χ3n) is 1.83. The number of halogens is 1. The fraction of sp³-hybridized carbons (Fsp3) is 0.833. The Hall–Kier alpha value is -0.280. The van der Waals surface area contributed by atoms with E-state index in [0.717, 1.165) is 12.8 Å².